The molecule has 2 aromatic rings. The SMILES string of the molecule is CCc1cccc(C=NOCc2ccccc2C#N)c1. The zero-order chi connectivity index (χ0) is 14.2. The van der Waals surface area contributed by atoms with Crippen molar-refractivity contribution in [1.82, 2.24) is 0 Å². The van der Waals surface area contributed by atoms with Crippen molar-refractivity contribution < 1.29 is 4.84 Å². The Bertz CT molecular complexity index is 641. The summed E-state index contributed by atoms with van der Waals surface area (Å²) in [6.07, 6.45) is 2.69. The number of benzene rings is 2. The Morgan fingerprint density at radius 3 is 2.85 bits per heavy atom. The second-order valence-corrected chi connectivity index (χ2v) is 4.38. The fraction of sp³-hybridized carbons (Fsp3) is 0.176. The van der Waals surface area contributed by atoms with Crippen molar-refractivity contribution in [3.8, 4) is 6.07 Å². The molecule has 0 aliphatic heterocycles. The third kappa shape index (κ3) is 3.69. The van der Waals surface area contributed by atoms with E-state index in [1.54, 1.807) is 12.3 Å². The number of nitriles is 1. The molecule has 0 aliphatic rings. The predicted molar refractivity (Wildman–Crippen MR) is 79.4 cm³/mol. The molecule has 0 N–H and O–H groups in total. The minimum Gasteiger partial charge on any atom is -0.391 e. The van der Waals surface area contributed by atoms with E-state index in [9.17, 15) is 0 Å². The molecule has 0 radical (unpaired) electrons. The number of hydrogen-bond acceptors (Lipinski definition) is 3. The fourth-order valence-electron chi connectivity index (χ4n) is 1.85. The van der Waals surface area contributed by atoms with Gasteiger partial charge in [-0.25, -0.2) is 0 Å². The van der Waals surface area contributed by atoms with Gasteiger partial charge in [0.25, 0.3) is 0 Å². The number of aryl methyl sites for hydroxylation is 1. The van der Waals surface area contributed by atoms with Gasteiger partial charge in [0.05, 0.1) is 17.8 Å². The molecular formula is C17H16N2O. The number of hydrogen-bond donors (Lipinski definition) is 0. The van der Waals surface area contributed by atoms with Crippen molar-refractivity contribution in [2.45, 2.75) is 20.0 Å². The van der Waals surface area contributed by atoms with Crippen LogP contribution in [0.3, 0.4) is 0 Å². The molecule has 0 fully saturated rings. The van der Waals surface area contributed by atoms with E-state index in [1.165, 1.54) is 5.56 Å². The summed E-state index contributed by atoms with van der Waals surface area (Å²) < 4.78 is 0. The van der Waals surface area contributed by atoms with Gasteiger partial charge < -0.3 is 4.84 Å². The van der Waals surface area contributed by atoms with Crippen LogP contribution in [0.25, 0.3) is 0 Å². The molecule has 2 aromatic carbocycles. The molecule has 2 rings (SSSR count). The van der Waals surface area contributed by atoms with Crippen molar-refractivity contribution in [3.05, 3.63) is 70.8 Å². The lowest BCUT2D eigenvalue weighted by atomic mass is 10.1. The Kier molecular flexibility index (Phi) is 4.91. The topological polar surface area (TPSA) is 45.4 Å². The molecule has 100 valence electrons. The Balaban J connectivity index is 1.95. The molecule has 0 saturated carbocycles. The van der Waals surface area contributed by atoms with Crippen LogP contribution >= 0.6 is 0 Å². The summed E-state index contributed by atoms with van der Waals surface area (Å²) in [6.45, 7) is 2.42. The van der Waals surface area contributed by atoms with E-state index in [1.807, 2.05) is 30.3 Å². The molecule has 0 amide bonds. The van der Waals surface area contributed by atoms with Crippen LogP contribution in [0.2, 0.25) is 0 Å². The van der Waals surface area contributed by atoms with Gasteiger partial charge in [0.2, 0.25) is 0 Å². The van der Waals surface area contributed by atoms with E-state index in [2.05, 4.69) is 30.3 Å². The predicted octanol–water partition coefficient (Wildman–Crippen LogP) is 3.67. The molecule has 0 bridgehead atoms. The second-order valence-electron chi connectivity index (χ2n) is 4.38. The minimum atomic E-state index is 0.299. The first-order valence-electron chi connectivity index (χ1n) is 6.55. The summed E-state index contributed by atoms with van der Waals surface area (Å²) in [5, 5.41) is 12.9. The molecule has 20 heavy (non-hydrogen) atoms. The second kappa shape index (κ2) is 7.10. The van der Waals surface area contributed by atoms with Gasteiger partial charge in [-0.1, -0.05) is 54.5 Å². The van der Waals surface area contributed by atoms with Gasteiger partial charge in [-0.3, -0.25) is 0 Å². The summed E-state index contributed by atoms with van der Waals surface area (Å²) in [5.74, 6) is 0. The van der Waals surface area contributed by atoms with Crippen LogP contribution in [-0.4, -0.2) is 6.21 Å². The van der Waals surface area contributed by atoms with Crippen molar-refractivity contribution in [3.63, 3.8) is 0 Å². The molecule has 0 heterocycles. The first kappa shape index (κ1) is 13.8. The molecule has 3 nitrogen and oxygen atoms in total. The van der Waals surface area contributed by atoms with Crippen LogP contribution in [0.5, 0.6) is 0 Å². The monoisotopic (exact) mass is 264 g/mol. The van der Waals surface area contributed by atoms with Gasteiger partial charge in [0.1, 0.15) is 6.61 Å². The van der Waals surface area contributed by atoms with Gasteiger partial charge in [-0.15, -0.1) is 0 Å². The molecule has 0 saturated heterocycles. The molecule has 0 unspecified atom stereocenters. The van der Waals surface area contributed by atoms with Crippen LogP contribution in [0, 0.1) is 11.3 Å². The smallest absolute Gasteiger partial charge is 0.143 e. The molecule has 3 heteroatoms. The summed E-state index contributed by atoms with van der Waals surface area (Å²) >= 11 is 0. The van der Waals surface area contributed by atoms with Crippen LogP contribution in [0.15, 0.2) is 53.7 Å². The highest BCUT2D eigenvalue weighted by Crippen LogP contribution is 2.09. The Labute approximate surface area is 119 Å². The summed E-state index contributed by atoms with van der Waals surface area (Å²) in [5.41, 5.74) is 3.74. The average molecular weight is 264 g/mol. The lowest BCUT2D eigenvalue weighted by molar-refractivity contribution is 0.132. The normalized spacial score (nSPS) is 10.4. The van der Waals surface area contributed by atoms with E-state index >= 15 is 0 Å². The van der Waals surface area contributed by atoms with Crippen molar-refractivity contribution >= 4 is 6.21 Å². The van der Waals surface area contributed by atoms with Crippen molar-refractivity contribution in [1.29, 1.82) is 5.26 Å². The van der Waals surface area contributed by atoms with Crippen LogP contribution < -0.4 is 0 Å². The summed E-state index contributed by atoms with van der Waals surface area (Å²) in [7, 11) is 0. The zero-order valence-corrected chi connectivity index (χ0v) is 11.4. The largest absolute Gasteiger partial charge is 0.391 e. The maximum atomic E-state index is 8.97. The average Bonchev–Trinajstić information content (AvgIpc) is 2.52. The highest BCUT2D eigenvalue weighted by Gasteiger charge is 2.00. The van der Waals surface area contributed by atoms with Crippen molar-refractivity contribution in [2.24, 2.45) is 5.16 Å². The van der Waals surface area contributed by atoms with Crippen LogP contribution in [0.1, 0.15) is 29.2 Å². The number of oxime groups is 1. The molecular weight excluding hydrogens is 248 g/mol. The highest BCUT2D eigenvalue weighted by molar-refractivity contribution is 5.79. The fourth-order valence-corrected chi connectivity index (χ4v) is 1.85. The minimum absolute atomic E-state index is 0.299. The first-order valence-corrected chi connectivity index (χ1v) is 6.55. The maximum absolute atomic E-state index is 8.97. The molecule has 0 aliphatic carbocycles. The van der Waals surface area contributed by atoms with E-state index < -0.39 is 0 Å². The number of rotatable bonds is 5. The lowest BCUT2D eigenvalue weighted by Gasteiger charge is -2.02. The zero-order valence-electron chi connectivity index (χ0n) is 11.4. The maximum Gasteiger partial charge on any atom is 0.143 e. The molecule has 0 aromatic heterocycles. The third-order valence-electron chi connectivity index (χ3n) is 2.99. The van der Waals surface area contributed by atoms with Gasteiger partial charge in [0.15, 0.2) is 0 Å². The standard InChI is InChI=1S/C17H16N2O/c1-2-14-6-5-7-15(10-14)12-19-20-13-17-9-4-3-8-16(17)11-18/h3-10,12H,2,13H2,1H3. The quantitative estimate of drug-likeness (QED) is 0.611. The Morgan fingerprint density at radius 2 is 2.05 bits per heavy atom. The molecule has 0 spiro atoms. The Morgan fingerprint density at radius 1 is 1.20 bits per heavy atom. The van der Waals surface area contributed by atoms with Crippen LogP contribution in [-0.2, 0) is 17.9 Å². The summed E-state index contributed by atoms with van der Waals surface area (Å²) in [4.78, 5) is 5.26. The number of nitrogens with zero attached hydrogens (tertiary/aromatic N) is 2. The lowest BCUT2D eigenvalue weighted by Crippen LogP contribution is -1.92. The first-order chi connectivity index (χ1) is 9.83. The summed E-state index contributed by atoms with van der Waals surface area (Å²) in [6, 6.07) is 17.6. The van der Waals surface area contributed by atoms with E-state index in [-0.39, 0.29) is 0 Å². The van der Waals surface area contributed by atoms with E-state index in [0.717, 1.165) is 17.5 Å². The van der Waals surface area contributed by atoms with Crippen LogP contribution in [0.4, 0.5) is 0 Å². The van der Waals surface area contributed by atoms with Crippen molar-refractivity contribution in [2.75, 3.05) is 0 Å². The third-order valence-corrected chi connectivity index (χ3v) is 2.99. The highest BCUT2D eigenvalue weighted by atomic mass is 16.6. The van der Waals surface area contributed by atoms with Gasteiger partial charge >= 0.3 is 0 Å². The molecule has 0 atom stereocenters. The van der Waals surface area contributed by atoms with E-state index in [4.69, 9.17) is 10.1 Å². The van der Waals surface area contributed by atoms with Gasteiger partial charge in [-0.2, -0.15) is 5.26 Å². The van der Waals surface area contributed by atoms with Gasteiger partial charge in [-0.05, 0) is 23.6 Å². The van der Waals surface area contributed by atoms with Gasteiger partial charge in [0, 0.05) is 5.56 Å². The Hall–Kier alpha value is -2.60. The van der Waals surface area contributed by atoms with E-state index in [0.29, 0.717) is 12.2 Å².